The van der Waals surface area contributed by atoms with E-state index in [9.17, 15) is 4.79 Å². The summed E-state index contributed by atoms with van der Waals surface area (Å²) in [6, 6.07) is 12.9. The SMILES string of the molecule is O=C(c1ccc(-c2ccc(Cl)cc2Cl)cc1)c1n[nH]c2c1C1CCC2C1. The van der Waals surface area contributed by atoms with Crippen LogP contribution < -0.4 is 0 Å². The maximum Gasteiger partial charge on any atom is 0.213 e. The molecule has 2 atom stereocenters. The lowest BCUT2D eigenvalue weighted by Crippen LogP contribution is -2.07. The third-order valence-electron chi connectivity index (χ3n) is 5.69. The molecule has 5 rings (SSSR count). The van der Waals surface area contributed by atoms with Gasteiger partial charge in [-0.25, -0.2) is 0 Å². The van der Waals surface area contributed by atoms with E-state index in [1.807, 2.05) is 36.4 Å². The van der Waals surface area contributed by atoms with Gasteiger partial charge >= 0.3 is 0 Å². The second-order valence-electron chi connectivity index (χ2n) is 7.14. The third-order valence-corrected chi connectivity index (χ3v) is 6.23. The summed E-state index contributed by atoms with van der Waals surface area (Å²) in [6.45, 7) is 0. The number of nitrogens with zero attached hydrogens (tertiary/aromatic N) is 1. The normalized spacial score (nSPS) is 20.4. The Morgan fingerprint density at radius 1 is 1.04 bits per heavy atom. The molecule has 3 aromatic rings. The van der Waals surface area contributed by atoms with E-state index in [0.717, 1.165) is 23.1 Å². The van der Waals surface area contributed by atoms with Crippen molar-refractivity contribution in [3.8, 4) is 11.1 Å². The Morgan fingerprint density at radius 2 is 1.81 bits per heavy atom. The Hall–Kier alpha value is -2.10. The van der Waals surface area contributed by atoms with Crippen LogP contribution >= 0.6 is 23.2 Å². The van der Waals surface area contributed by atoms with Gasteiger partial charge in [0, 0.05) is 38.3 Å². The van der Waals surface area contributed by atoms with Crippen LogP contribution in [0.3, 0.4) is 0 Å². The molecule has 0 amide bonds. The minimum atomic E-state index is -0.0104. The molecule has 1 fully saturated rings. The zero-order valence-corrected chi connectivity index (χ0v) is 15.4. The number of fused-ring (bicyclic) bond motifs is 5. The van der Waals surface area contributed by atoms with Gasteiger partial charge in [0.05, 0.1) is 0 Å². The summed E-state index contributed by atoms with van der Waals surface area (Å²) in [5, 5.41) is 8.67. The number of hydrogen-bond acceptors (Lipinski definition) is 2. The van der Waals surface area contributed by atoms with Crippen molar-refractivity contribution in [3.05, 3.63) is 75.0 Å². The van der Waals surface area contributed by atoms with Crippen LogP contribution in [0.5, 0.6) is 0 Å². The summed E-state index contributed by atoms with van der Waals surface area (Å²) in [5.41, 5.74) is 5.45. The number of carbonyl (C=O) groups is 1. The van der Waals surface area contributed by atoms with Crippen LogP contribution in [0.15, 0.2) is 42.5 Å². The number of hydrogen-bond donors (Lipinski definition) is 1. The van der Waals surface area contributed by atoms with Crippen molar-refractivity contribution >= 4 is 29.0 Å². The molecule has 3 nitrogen and oxygen atoms in total. The van der Waals surface area contributed by atoms with Crippen LogP contribution in [0.4, 0.5) is 0 Å². The molecule has 2 bridgehead atoms. The summed E-state index contributed by atoms with van der Waals surface area (Å²) in [6.07, 6.45) is 3.55. The molecule has 26 heavy (non-hydrogen) atoms. The zero-order chi connectivity index (χ0) is 17.8. The number of benzene rings is 2. The van der Waals surface area contributed by atoms with Crippen molar-refractivity contribution in [2.24, 2.45) is 0 Å². The van der Waals surface area contributed by atoms with Crippen LogP contribution in [0.2, 0.25) is 10.0 Å². The predicted molar refractivity (Wildman–Crippen MR) is 103 cm³/mol. The summed E-state index contributed by atoms with van der Waals surface area (Å²) in [5.74, 6) is 1.06. The standard InChI is InChI=1S/C21H16Cl2N2O/c22-15-7-8-16(17(23)10-15)11-1-3-12(4-2-11)21(26)20-18-13-5-6-14(9-13)19(18)24-25-20/h1-4,7-8,10,13-14H,5-6,9H2,(H,24,25). The Balaban J connectivity index is 1.47. The van der Waals surface area contributed by atoms with Gasteiger partial charge in [-0.3, -0.25) is 9.89 Å². The van der Waals surface area contributed by atoms with Gasteiger partial charge in [0.25, 0.3) is 0 Å². The molecule has 0 aliphatic heterocycles. The summed E-state index contributed by atoms with van der Waals surface area (Å²) in [4.78, 5) is 13.0. The first-order valence-corrected chi connectivity index (χ1v) is 9.55. The highest BCUT2D eigenvalue weighted by atomic mass is 35.5. The molecule has 130 valence electrons. The van der Waals surface area contributed by atoms with Crippen LogP contribution in [0.25, 0.3) is 11.1 Å². The number of halogens is 2. The van der Waals surface area contributed by atoms with Crippen LogP contribution in [0, 0.1) is 0 Å². The molecule has 5 heteroatoms. The third kappa shape index (κ3) is 2.42. The highest BCUT2D eigenvalue weighted by Crippen LogP contribution is 2.53. The molecule has 2 aromatic carbocycles. The molecule has 2 aliphatic rings. The predicted octanol–water partition coefficient (Wildman–Crippen LogP) is 5.98. The van der Waals surface area contributed by atoms with Gasteiger partial charge in [-0.05, 0) is 42.9 Å². The number of nitrogens with one attached hydrogen (secondary N) is 1. The number of aromatic amines is 1. The molecule has 2 unspecified atom stereocenters. The first kappa shape index (κ1) is 16.1. The number of carbonyl (C=O) groups excluding carboxylic acids is 1. The average Bonchev–Trinajstić information content (AvgIpc) is 3.35. The molecule has 1 heterocycles. The molecule has 0 saturated heterocycles. The number of ketones is 1. The largest absolute Gasteiger partial charge is 0.287 e. The summed E-state index contributed by atoms with van der Waals surface area (Å²) in [7, 11) is 0. The van der Waals surface area contributed by atoms with Gasteiger partial charge in [0.15, 0.2) is 0 Å². The topological polar surface area (TPSA) is 45.8 Å². The monoisotopic (exact) mass is 382 g/mol. The highest BCUT2D eigenvalue weighted by molar-refractivity contribution is 6.36. The molecule has 1 saturated carbocycles. The second kappa shape index (κ2) is 5.97. The molecular formula is C21H16Cl2N2O. The fraction of sp³-hybridized carbons (Fsp3) is 0.238. The maximum absolute atomic E-state index is 13.0. The van der Waals surface area contributed by atoms with Gasteiger partial charge in [0.2, 0.25) is 5.78 Å². The van der Waals surface area contributed by atoms with Gasteiger partial charge < -0.3 is 0 Å². The highest BCUT2D eigenvalue weighted by Gasteiger charge is 2.42. The number of H-pyrrole nitrogens is 1. The van der Waals surface area contributed by atoms with Crippen molar-refractivity contribution in [1.29, 1.82) is 0 Å². The minimum absolute atomic E-state index is 0.0104. The molecule has 1 aromatic heterocycles. The van der Waals surface area contributed by atoms with E-state index in [4.69, 9.17) is 23.2 Å². The Labute approximate surface area is 161 Å². The van der Waals surface area contributed by atoms with E-state index in [0.29, 0.717) is 33.1 Å². The first-order chi connectivity index (χ1) is 12.6. The molecule has 0 spiro atoms. The fourth-order valence-corrected chi connectivity index (χ4v) is 4.95. The van der Waals surface area contributed by atoms with Crippen molar-refractivity contribution in [1.82, 2.24) is 10.2 Å². The lowest BCUT2D eigenvalue weighted by molar-refractivity contribution is 0.103. The molecule has 1 N–H and O–H groups in total. The van der Waals surface area contributed by atoms with E-state index in [1.54, 1.807) is 6.07 Å². The van der Waals surface area contributed by atoms with Crippen LogP contribution in [0.1, 0.15) is 58.4 Å². The van der Waals surface area contributed by atoms with Crippen molar-refractivity contribution in [2.75, 3.05) is 0 Å². The van der Waals surface area contributed by atoms with Gasteiger partial charge in [-0.15, -0.1) is 0 Å². The van der Waals surface area contributed by atoms with Crippen molar-refractivity contribution in [3.63, 3.8) is 0 Å². The minimum Gasteiger partial charge on any atom is -0.287 e. The average molecular weight is 383 g/mol. The lowest BCUT2D eigenvalue weighted by Gasteiger charge is -2.10. The Kier molecular flexibility index (Phi) is 3.70. The maximum atomic E-state index is 13.0. The molecule has 0 radical (unpaired) electrons. The van der Waals surface area contributed by atoms with Crippen molar-refractivity contribution < 1.29 is 4.79 Å². The van der Waals surface area contributed by atoms with E-state index in [1.165, 1.54) is 18.5 Å². The van der Waals surface area contributed by atoms with Gasteiger partial charge in [-0.1, -0.05) is 53.5 Å². The fourth-order valence-electron chi connectivity index (χ4n) is 4.43. The Bertz CT molecular complexity index is 1020. The number of rotatable bonds is 3. The first-order valence-electron chi connectivity index (χ1n) is 8.80. The van der Waals surface area contributed by atoms with Gasteiger partial charge in [-0.2, -0.15) is 5.10 Å². The smallest absolute Gasteiger partial charge is 0.213 e. The summed E-state index contributed by atoms with van der Waals surface area (Å²) < 4.78 is 0. The van der Waals surface area contributed by atoms with Crippen LogP contribution in [-0.2, 0) is 0 Å². The van der Waals surface area contributed by atoms with E-state index in [2.05, 4.69) is 10.2 Å². The van der Waals surface area contributed by atoms with E-state index in [-0.39, 0.29) is 5.78 Å². The zero-order valence-electron chi connectivity index (χ0n) is 13.9. The summed E-state index contributed by atoms with van der Waals surface area (Å²) >= 11 is 12.2. The molecule has 2 aliphatic carbocycles. The molecular weight excluding hydrogens is 367 g/mol. The number of aromatic nitrogens is 2. The van der Waals surface area contributed by atoms with Gasteiger partial charge in [0.1, 0.15) is 5.69 Å². The van der Waals surface area contributed by atoms with Crippen LogP contribution in [-0.4, -0.2) is 16.0 Å². The van der Waals surface area contributed by atoms with E-state index >= 15 is 0 Å². The van der Waals surface area contributed by atoms with Crippen molar-refractivity contribution in [2.45, 2.75) is 31.1 Å². The lowest BCUT2D eigenvalue weighted by atomic mass is 9.92. The second-order valence-corrected chi connectivity index (χ2v) is 7.98. The quantitative estimate of drug-likeness (QED) is 0.566. The Morgan fingerprint density at radius 3 is 2.58 bits per heavy atom. The van der Waals surface area contributed by atoms with E-state index < -0.39 is 0 Å².